The molecule has 1 heteroatoms. The fraction of sp³-hybridized carbons (Fsp3) is 0.385. The van der Waals surface area contributed by atoms with Crippen LogP contribution in [0.1, 0.15) is 60.7 Å². The number of rotatable bonds is 1. The Balaban J connectivity index is 1.64. The normalized spacial score (nSPS) is 28.1. The highest BCUT2D eigenvalue weighted by Gasteiger charge is 2.44. The van der Waals surface area contributed by atoms with Crippen LogP contribution in [0, 0.1) is 25.7 Å². The number of aromatic nitrogens is 1. The Kier molecular flexibility index (Phi) is 3.27. The summed E-state index contributed by atoms with van der Waals surface area (Å²) in [5, 5.41) is 0. The second-order valence-corrected chi connectivity index (χ2v) is 8.83. The lowest BCUT2D eigenvalue weighted by Gasteiger charge is -2.42. The van der Waals surface area contributed by atoms with Crippen LogP contribution in [0.25, 0.3) is 11.1 Å². The first-order chi connectivity index (χ1) is 13.3. The van der Waals surface area contributed by atoms with Gasteiger partial charge in [-0.3, -0.25) is 0 Å². The molecule has 2 atom stereocenters. The molecule has 0 amide bonds. The molecule has 136 valence electrons. The Morgan fingerprint density at radius 3 is 1.74 bits per heavy atom. The second kappa shape index (κ2) is 5.61. The molecule has 5 aliphatic carbocycles. The lowest BCUT2D eigenvalue weighted by molar-refractivity contribution is 0.345. The van der Waals surface area contributed by atoms with Crippen LogP contribution in [0.5, 0.6) is 0 Å². The quantitative estimate of drug-likeness (QED) is 0.534. The molecule has 1 nitrogen and oxygen atoms in total. The van der Waals surface area contributed by atoms with Crippen LogP contribution in [0.15, 0.2) is 59.8 Å². The van der Waals surface area contributed by atoms with Crippen molar-refractivity contribution >= 4 is 11.1 Å². The van der Waals surface area contributed by atoms with Gasteiger partial charge in [-0.05, 0) is 49.0 Å². The smallest absolute Gasteiger partial charge is 0.0336 e. The summed E-state index contributed by atoms with van der Waals surface area (Å²) in [5.74, 6) is 0.998. The first kappa shape index (κ1) is 15.7. The van der Waals surface area contributed by atoms with Crippen LogP contribution in [-0.2, 0) is 0 Å². The van der Waals surface area contributed by atoms with Gasteiger partial charge in [0.2, 0.25) is 0 Å². The Morgan fingerprint density at radius 2 is 1.22 bits per heavy atom. The second-order valence-electron chi connectivity index (χ2n) is 8.83. The number of hydrogen-bond donors (Lipinski definition) is 0. The van der Waals surface area contributed by atoms with E-state index >= 15 is 0 Å². The van der Waals surface area contributed by atoms with Gasteiger partial charge in [-0.2, -0.15) is 0 Å². The van der Waals surface area contributed by atoms with Gasteiger partial charge in [-0.15, -0.1) is 0 Å². The minimum absolute atomic E-state index is 0.499. The molecule has 1 aromatic heterocycles. The van der Waals surface area contributed by atoms with E-state index in [2.05, 4.69) is 67.0 Å². The minimum atomic E-state index is 0.499. The molecule has 0 saturated heterocycles. The van der Waals surface area contributed by atoms with Crippen molar-refractivity contribution in [3.8, 4) is 0 Å². The standard InChI is InChI=1S/C26H27N/c1-16-23-21-12-6-8-18-14-15-19-9-7-13-22(26(19)25(18)21)24(23)17(2)27(16)20-10-4-3-5-11-20/h6-9,12-15,20,25-26H,3-5,10-11H2,1-2H3/t25-,26-/m0/s1. The molecule has 0 bridgehead atoms. The van der Waals surface area contributed by atoms with Crippen LogP contribution in [0.4, 0.5) is 0 Å². The zero-order valence-corrected chi connectivity index (χ0v) is 16.3. The van der Waals surface area contributed by atoms with Gasteiger partial charge in [0.25, 0.3) is 0 Å². The Morgan fingerprint density at radius 1 is 0.704 bits per heavy atom. The van der Waals surface area contributed by atoms with E-state index in [0.29, 0.717) is 17.9 Å². The average Bonchev–Trinajstić information content (AvgIpc) is 2.98. The summed E-state index contributed by atoms with van der Waals surface area (Å²) >= 11 is 0. The first-order valence-electron chi connectivity index (χ1n) is 10.7. The van der Waals surface area contributed by atoms with E-state index in [1.807, 2.05) is 0 Å². The van der Waals surface area contributed by atoms with Gasteiger partial charge in [0.15, 0.2) is 0 Å². The van der Waals surface area contributed by atoms with Gasteiger partial charge in [-0.25, -0.2) is 0 Å². The summed E-state index contributed by atoms with van der Waals surface area (Å²) in [5.41, 5.74) is 12.1. The Labute approximate surface area is 162 Å². The summed E-state index contributed by atoms with van der Waals surface area (Å²) in [6.07, 6.45) is 25.5. The van der Waals surface area contributed by atoms with Gasteiger partial charge >= 0.3 is 0 Å². The van der Waals surface area contributed by atoms with Crippen LogP contribution < -0.4 is 0 Å². The molecule has 0 radical (unpaired) electrons. The molecule has 1 heterocycles. The van der Waals surface area contributed by atoms with E-state index in [-0.39, 0.29) is 0 Å². The largest absolute Gasteiger partial charge is 0.345 e. The minimum Gasteiger partial charge on any atom is -0.345 e. The van der Waals surface area contributed by atoms with Crippen LogP contribution in [0.2, 0.25) is 0 Å². The maximum Gasteiger partial charge on any atom is 0.0336 e. The van der Waals surface area contributed by atoms with E-state index < -0.39 is 0 Å². The Hall–Kier alpha value is -2.28. The van der Waals surface area contributed by atoms with Crippen molar-refractivity contribution in [1.82, 2.24) is 4.57 Å². The highest BCUT2D eigenvalue weighted by atomic mass is 15.0. The average molecular weight is 354 g/mol. The van der Waals surface area contributed by atoms with E-state index in [0.717, 1.165) is 0 Å². The maximum absolute atomic E-state index is 2.71. The van der Waals surface area contributed by atoms with Crippen molar-refractivity contribution in [2.75, 3.05) is 0 Å². The Bertz CT molecular complexity index is 951. The van der Waals surface area contributed by atoms with Crippen molar-refractivity contribution in [3.63, 3.8) is 0 Å². The third-order valence-corrected chi connectivity index (χ3v) is 7.53. The molecule has 27 heavy (non-hydrogen) atoms. The summed E-state index contributed by atoms with van der Waals surface area (Å²) in [7, 11) is 0. The van der Waals surface area contributed by atoms with Crippen molar-refractivity contribution in [1.29, 1.82) is 0 Å². The molecule has 1 aromatic rings. The fourth-order valence-corrected chi connectivity index (χ4v) is 6.48. The molecule has 0 aliphatic heterocycles. The molecular weight excluding hydrogens is 326 g/mol. The lowest BCUT2D eigenvalue weighted by atomic mass is 9.60. The molecule has 6 rings (SSSR count). The highest BCUT2D eigenvalue weighted by Crippen LogP contribution is 2.57. The summed E-state index contributed by atoms with van der Waals surface area (Å²) in [4.78, 5) is 0. The zero-order chi connectivity index (χ0) is 18.1. The van der Waals surface area contributed by atoms with E-state index in [1.165, 1.54) is 65.8 Å². The summed E-state index contributed by atoms with van der Waals surface area (Å²) < 4.78 is 2.71. The number of fused-ring (bicyclic) bond motifs is 3. The van der Waals surface area contributed by atoms with Gasteiger partial charge in [0.1, 0.15) is 0 Å². The van der Waals surface area contributed by atoms with E-state index in [4.69, 9.17) is 0 Å². The van der Waals surface area contributed by atoms with Crippen LogP contribution in [-0.4, -0.2) is 4.57 Å². The molecule has 1 saturated carbocycles. The maximum atomic E-state index is 2.71. The zero-order valence-electron chi connectivity index (χ0n) is 16.3. The van der Waals surface area contributed by atoms with Crippen LogP contribution in [0.3, 0.4) is 0 Å². The van der Waals surface area contributed by atoms with Gasteiger partial charge in [0.05, 0.1) is 0 Å². The third kappa shape index (κ3) is 2.00. The van der Waals surface area contributed by atoms with E-state index in [1.54, 1.807) is 11.1 Å². The van der Waals surface area contributed by atoms with Crippen molar-refractivity contribution in [3.05, 3.63) is 82.3 Å². The van der Waals surface area contributed by atoms with Gasteiger partial charge in [0, 0.05) is 40.4 Å². The highest BCUT2D eigenvalue weighted by molar-refractivity contribution is 5.95. The van der Waals surface area contributed by atoms with Crippen molar-refractivity contribution < 1.29 is 0 Å². The molecule has 0 aromatic carbocycles. The molecular formula is C26H27N. The van der Waals surface area contributed by atoms with Crippen molar-refractivity contribution in [2.45, 2.75) is 52.0 Å². The summed E-state index contributed by atoms with van der Waals surface area (Å²) in [6, 6.07) is 0.691. The monoisotopic (exact) mass is 353 g/mol. The van der Waals surface area contributed by atoms with E-state index in [9.17, 15) is 0 Å². The summed E-state index contributed by atoms with van der Waals surface area (Å²) in [6.45, 7) is 4.75. The number of allylic oxidation sites excluding steroid dienone is 12. The fourth-order valence-electron chi connectivity index (χ4n) is 6.48. The predicted molar refractivity (Wildman–Crippen MR) is 113 cm³/mol. The number of hydrogen-bond acceptors (Lipinski definition) is 0. The van der Waals surface area contributed by atoms with Gasteiger partial charge < -0.3 is 4.57 Å². The topological polar surface area (TPSA) is 4.93 Å². The predicted octanol–water partition coefficient (Wildman–Crippen LogP) is 6.63. The first-order valence-corrected chi connectivity index (χ1v) is 10.7. The van der Waals surface area contributed by atoms with Crippen LogP contribution >= 0.6 is 0 Å². The number of nitrogens with zero attached hydrogens (tertiary/aromatic N) is 1. The molecule has 5 aliphatic rings. The SMILES string of the molecule is Cc1c2c(c(C)n1C1CCCCC1)C1=CC=CC3=CC=C4C=CC=C2[C@H]4[C@@H]31. The molecule has 1 fully saturated rings. The molecule has 0 unspecified atom stereocenters. The molecule has 0 spiro atoms. The lowest BCUT2D eigenvalue weighted by Crippen LogP contribution is -2.29. The van der Waals surface area contributed by atoms with Gasteiger partial charge in [-0.1, -0.05) is 67.9 Å². The third-order valence-electron chi connectivity index (χ3n) is 7.53. The van der Waals surface area contributed by atoms with Crippen molar-refractivity contribution in [2.24, 2.45) is 11.8 Å². The molecule has 0 N–H and O–H groups in total.